The highest BCUT2D eigenvalue weighted by Crippen LogP contribution is 2.11. The van der Waals surface area contributed by atoms with Gasteiger partial charge in [0, 0.05) is 12.6 Å². The van der Waals surface area contributed by atoms with E-state index in [2.05, 4.69) is 20.7 Å². The van der Waals surface area contributed by atoms with E-state index in [1.807, 2.05) is 0 Å². The number of anilines is 3. The number of hydrogen-bond acceptors (Lipinski definition) is 7. The number of aliphatic hydroxyl groups excluding tert-OH is 1. The van der Waals surface area contributed by atoms with Crippen LogP contribution < -0.4 is 22.3 Å². The van der Waals surface area contributed by atoms with E-state index < -0.39 is 12.5 Å². The molecule has 0 aliphatic heterocycles. The summed E-state index contributed by atoms with van der Waals surface area (Å²) in [7, 11) is 0. The lowest BCUT2D eigenvalue weighted by atomic mass is 10.3. The molecule has 0 radical (unpaired) electrons. The minimum atomic E-state index is -2.82. The van der Waals surface area contributed by atoms with Crippen LogP contribution in [0.4, 0.5) is 26.4 Å². The molecule has 1 atom stereocenters. The summed E-state index contributed by atoms with van der Waals surface area (Å²) in [6.07, 6.45) is -4.59. The summed E-state index contributed by atoms with van der Waals surface area (Å²) in [5.41, 5.74) is 7.57. The number of nitrogen functional groups attached to an aromatic ring is 2. The predicted octanol–water partition coefficient (Wildman–Crippen LogP) is -0.618. The van der Waals surface area contributed by atoms with Gasteiger partial charge in [0.05, 0.1) is 0 Å². The van der Waals surface area contributed by atoms with Crippen molar-refractivity contribution in [2.45, 2.75) is 12.5 Å². The molecule has 7 nitrogen and oxygen atoms in total. The highest BCUT2D eigenvalue weighted by molar-refractivity contribution is 5.50. The normalized spacial score (nSPS) is 12.6. The molecule has 0 aromatic carbocycles. The number of nitrogens with zero attached hydrogens (tertiary/aromatic N) is 2. The molecule has 0 saturated carbocycles. The van der Waals surface area contributed by atoms with Crippen LogP contribution in [0.5, 0.6) is 0 Å². The minimum absolute atomic E-state index is 0.0653. The number of alkyl halides is 2. The van der Waals surface area contributed by atoms with Crippen LogP contribution in [0.2, 0.25) is 0 Å². The molecule has 9 heteroatoms. The molecule has 0 aliphatic rings. The molecule has 1 unspecified atom stereocenters. The molecule has 7 N–H and O–H groups in total. The van der Waals surface area contributed by atoms with Crippen LogP contribution in [0.3, 0.4) is 0 Å². The van der Waals surface area contributed by atoms with Crippen LogP contribution in [0, 0.1) is 0 Å². The van der Waals surface area contributed by atoms with E-state index in [4.69, 9.17) is 16.7 Å². The summed E-state index contributed by atoms with van der Waals surface area (Å²) in [5, 5.41) is 11.3. The molecule has 1 aromatic rings. The molecular formula is C7H12F2N6O. The Morgan fingerprint density at radius 2 is 2.00 bits per heavy atom. The largest absolute Gasteiger partial charge is 0.385 e. The number of aliphatic hydroxyl groups is 1. The van der Waals surface area contributed by atoms with Gasteiger partial charge in [-0.25, -0.2) is 14.6 Å². The van der Waals surface area contributed by atoms with Crippen molar-refractivity contribution in [3.63, 3.8) is 0 Å². The van der Waals surface area contributed by atoms with Gasteiger partial charge in [0.2, 0.25) is 5.95 Å². The van der Waals surface area contributed by atoms with E-state index in [-0.39, 0.29) is 24.1 Å². The van der Waals surface area contributed by atoms with E-state index in [0.29, 0.717) is 0 Å². The van der Waals surface area contributed by atoms with Gasteiger partial charge >= 0.3 is 0 Å². The number of nitrogens with one attached hydrogen (secondary N) is 2. The van der Waals surface area contributed by atoms with Crippen molar-refractivity contribution in [1.29, 1.82) is 0 Å². The Bertz CT molecular complexity index is 350. The smallest absolute Gasteiger partial charge is 0.265 e. The lowest BCUT2D eigenvalue weighted by Crippen LogP contribution is -2.27. The maximum absolute atomic E-state index is 12.0. The van der Waals surface area contributed by atoms with Crippen molar-refractivity contribution in [2.75, 3.05) is 23.0 Å². The molecule has 0 aliphatic carbocycles. The number of nitrogens with two attached hydrogens (primary N) is 2. The summed E-state index contributed by atoms with van der Waals surface area (Å²) in [6, 6.07) is 1.37. The third-order valence-corrected chi connectivity index (χ3v) is 1.67. The standard InChI is InChI=1S/C7H12F2N6O/c8-6(9)3(16)2-12-4-1-5(15-11)14-7(10)13-4/h1,3,6,16H,2,11H2,(H4,10,12,13,14,15). The van der Waals surface area contributed by atoms with Gasteiger partial charge in [-0.1, -0.05) is 0 Å². The maximum atomic E-state index is 12.0. The van der Waals surface area contributed by atoms with Crippen LogP contribution in [0.25, 0.3) is 0 Å². The first-order chi connectivity index (χ1) is 7.52. The maximum Gasteiger partial charge on any atom is 0.265 e. The zero-order valence-electron chi connectivity index (χ0n) is 8.19. The second-order valence-electron chi connectivity index (χ2n) is 2.92. The fourth-order valence-electron chi connectivity index (χ4n) is 0.929. The molecule has 0 spiro atoms. The molecule has 0 fully saturated rings. The van der Waals surface area contributed by atoms with Gasteiger partial charge in [0.1, 0.15) is 17.7 Å². The number of hydrogen-bond donors (Lipinski definition) is 5. The molecule has 0 saturated heterocycles. The van der Waals surface area contributed by atoms with Gasteiger partial charge in [0.15, 0.2) is 0 Å². The van der Waals surface area contributed by atoms with Gasteiger partial charge in [-0.3, -0.25) is 0 Å². The zero-order valence-corrected chi connectivity index (χ0v) is 8.19. The van der Waals surface area contributed by atoms with E-state index in [1.54, 1.807) is 0 Å². The minimum Gasteiger partial charge on any atom is -0.385 e. The fraction of sp³-hybridized carbons (Fsp3) is 0.429. The Hall–Kier alpha value is -1.74. The summed E-state index contributed by atoms with van der Waals surface area (Å²) in [4.78, 5) is 7.41. The van der Waals surface area contributed by atoms with Crippen molar-refractivity contribution in [1.82, 2.24) is 9.97 Å². The first kappa shape index (κ1) is 12.3. The Kier molecular flexibility index (Phi) is 4.14. The fourth-order valence-corrected chi connectivity index (χ4v) is 0.929. The highest BCUT2D eigenvalue weighted by atomic mass is 19.3. The molecule has 0 bridgehead atoms. The number of rotatable bonds is 5. The Balaban J connectivity index is 2.63. The summed E-state index contributed by atoms with van der Waals surface area (Å²) < 4.78 is 24.0. The second-order valence-corrected chi connectivity index (χ2v) is 2.92. The van der Waals surface area contributed by atoms with Crippen molar-refractivity contribution in [3.8, 4) is 0 Å². The first-order valence-electron chi connectivity index (χ1n) is 4.34. The first-order valence-corrected chi connectivity index (χ1v) is 4.34. The Morgan fingerprint density at radius 1 is 1.38 bits per heavy atom. The van der Waals surface area contributed by atoms with Gasteiger partial charge in [-0.05, 0) is 0 Å². The molecule has 90 valence electrons. The van der Waals surface area contributed by atoms with Gasteiger partial charge < -0.3 is 21.6 Å². The summed E-state index contributed by atoms with van der Waals surface area (Å²) in [6.45, 7) is -0.349. The number of halogens is 2. The van der Waals surface area contributed by atoms with Gasteiger partial charge in [-0.15, -0.1) is 0 Å². The SMILES string of the molecule is NNc1cc(NCC(O)C(F)F)nc(N)n1. The third kappa shape index (κ3) is 3.44. The zero-order chi connectivity index (χ0) is 12.1. The molecule has 1 heterocycles. The lowest BCUT2D eigenvalue weighted by Gasteiger charge is -2.11. The average Bonchev–Trinajstić information content (AvgIpc) is 2.24. The summed E-state index contributed by atoms with van der Waals surface area (Å²) >= 11 is 0. The van der Waals surface area contributed by atoms with Crippen LogP contribution in [-0.4, -0.2) is 34.1 Å². The summed E-state index contributed by atoms with van der Waals surface area (Å²) in [5.74, 6) is 5.47. The number of aromatic nitrogens is 2. The van der Waals surface area contributed by atoms with Crippen LogP contribution in [0.1, 0.15) is 0 Å². The van der Waals surface area contributed by atoms with E-state index in [9.17, 15) is 8.78 Å². The molecule has 16 heavy (non-hydrogen) atoms. The van der Waals surface area contributed by atoms with Gasteiger partial charge in [0.25, 0.3) is 6.43 Å². The number of hydrazine groups is 1. The van der Waals surface area contributed by atoms with Crippen LogP contribution in [-0.2, 0) is 0 Å². The lowest BCUT2D eigenvalue weighted by molar-refractivity contribution is 0.00381. The van der Waals surface area contributed by atoms with Crippen molar-refractivity contribution >= 4 is 17.6 Å². The van der Waals surface area contributed by atoms with Crippen LogP contribution in [0.15, 0.2) is 6.07 Å². The monoisotopic (exact) mass is 234 g/mol. The Labute approximate surface area is 89.8 Å². The molecule has 0 amide bonds. The quantitative estimate of drug-likeness (QED) is 0.340. The molecular weight excluding hydrogens is 222 g/mol. The average molecular weight is 234 g/mol. The van der Waals surface area contributed by atoms with E-state index >= 15 is 0 Å². The third-order valence-electron chi connectivity index (χ3n) is 1.67. The van der Waals surface area contributed by atoms with Gasteiger partial charge in [-0.2, -0.15) is 9.97 Å². The van der Waals surface area contributed by atoms with Crippen molar-refractivity contribution in [2.24, 2.45) is 5.84 Å². The highest BCUT2D eigenvalue weighted by Gasteiger charge is 2.16. The van der Waals surface area contributed by atoms with Crippen molar-refractivity contribution in [3.05, 3.63) is 6.07 Å². The second kappa shape index (κ2) is 5.37. The topological polar surface area (TPSA) is 122 Å². The van der Waals surface area contributed by atoms with Crippen molar-refractivity contribution < 1.29 is 13.9 Å². The Morgan fingerprint density at radius 3 is 2.56 bits per heavy atom. The molecule has 1 rings (SSSR count). The predicted molar refractivity (Wildman–Crippen MR) is 54.8 cm³/mol. The van der Waals surface area contributed by atoms with Crippen LogP contribution >= 0.6 is 0 Å². The van der Waals surface area contributed by atoms with E-state index in [0.717, 1.165) is 0 Å². The molecule has 1 aromatic heterocycles. The van der Waals surface area contributed by atoms with E-state index in [1.165, 1.54) is 6.07 Å².